The summed E-state index contributed by atoms with van der Waals surface area (Å²) in [5, 5.41) is 5.99. The minimum absolute atomic E-state index is 0.615. The van der Waals surface area contributed by atoms with Crippen molar-refractivity contribution >= 4 is 60.7 Å². The molecule has 0 spiro atoms. The van der Waals surface area contributed by atoms with E-state index >= 15 is 0 Å². The van der Waals surface area contributed by atoms with E-state index in [0.717, 1.165) is 43.4 Å². The summed E-state index contributed by atoms with van der Waals surface area (Å²) in [5.74, 6) is 0. The van der Waals surface area contributed by atoms with E-state index in [1.165, 1.54) is 0 Å². The molecule has 0 unspecified atom stereocenters. The highest BCUT2D eigenvalue weighted by molar-refractivity contribution is 9.10. The lowest BCUT2D eigenvalue weighted by Gasteiger charge is -2.13. The van der Waals surface area contributed by atoms with Crippen molar-refractivity contribution in [3.63, 3.8) is 0 Å². The van der Waals surface area contributed by atoms with Crippen molar-refractivity contribution in [3.8, 4) is 0 Å². The Morgan fingerprint density at radius 3 is 2.35 bits per heavy atom. The molecule has 0 bridgehead atoms. The second-order valence-electron chi connectivity index (χ2n) is 6.06. The number of para-hydroxylation sites is 1. The molecule has 2 aromatic carbocycles. The molecule has 3 nitrogen and oxygen atoms in total. The Bertz CT molecular complexity index is 1150. The van der Waals surface area contributed by atoms with Gasteiger partial charge in [-0.3, -0.25) is 4.98 Å². The Labute approximate surface area is 164 Å². The molecule has 1 N–H and O–H groups in total. The molecule has 0 saturated heterocycles. The molecule has 0 fully saturated rings. The molecule has 2 heterocycles. The highest BCUT2D eigenvalue weighted by Crippen LogP contribution is 2.33. The Kier molecular flexibility index (Phi) is 4.39. The summed E-state index contributed by atoms with van der Waals surface area (Å²) in [7, 11) is 0. The van der Waals surface area contributed by atoms with Crippen LogP contribution in [0.3, 0.4) is 0 Å². The van der Waals surface area contributed by atoms with Crippen LogP contribution in [0.15, 0.2) is 65.6 Å². The van der Waals surface area contributed by atoms with Gasteiger partial charge in [0.2, 0.25) is 0 Å². The van der Waals surface area contributed by atoms with Crippen LogP contribution in [0.4, 0.5) is 5.69 Å². The average molecular weight is 425 g/mol. The van der Waals surface area contributed by atoms with E-state index in [1.807, 2.05) is 43.3 Å². The zero-order valence-corrected chi connectivity index (χ0v) is 16.4. The molecule has 128 valence electrons. The average Bonchev–Trinajstić information content (AvgIpc) is 2.64. The standard InChI is InChI=1S/C21H15BrClN3/c1-12-6-7-14-8-9-15-10-11-18(26-20(15)19(14)24-12)13(2)25-21-16(22)4-3-5-17(21)23/h3-11,25H,2H2,1H3. The highest BCUT2D eigenvalue weighted by Gasteiger charge is 2.10. The second kappa shape index (κ2) is 6.71. The van der Waals surface area contributed by atoms with E-state index in [9.17, 15) is 0 Å². The lowest BCUT2D eigenvalue weighted by Crippen LogP contribution is -2.01. The zero-order chi connectivity index (χ0) is 18.3. The van der Waals surface area contributed by atoms with Gasteiger partial charge in [0.15, 0.2) is 0 Å². The number of rotatable bonds is 3. The SMILES string of the molecule is C=C(Nc1c(Cl)cccc1Br)c1ccc2ccc3ccc(C)nc3c2n1. The summed E-state index contributed by atoms with van der Waals surface area (Å²) in [6, 6.07) is 17.8. The molecule has 0 radical (unpaired) electrons. The van der Waals surface area contributed by atoms with Crippen LogP contribution in [0.5, 0.6) is 0 Å². The number of halogens is 2. The van der Waals surface area contributed by atoms with Crippen molar-refractivity contribution in [2.75, 3.05) is 5.32 Å². The molecule has 0 atom stereocenters. The van der Waals surface area contributed by atoms with E-state index in [2.05, 4.69) is 51.0 Å². The monoisotopic (exact) mass is 423 g/mol. The first-order chi connectivity index (χ1) is 12.5. The van der Waals surface area contributed by atoms with Crippen molar-refractivity contribution in [1.82, 2.24) is 9.97 Å². The van der Waals surface area contributed by atoms with Crippen LogP contribution in [-0.2, 0) is 0 Å². The van der Waals surface area contributed by atoms with Crippen LogP contribution in [0.25, 0.3) is 27.5 Å². The maximum absolute atomic E-state index is 6.29. The predicted molar refractivity (Wildman–Crippen MR) is 114 cm³/mol. The molecule has 0 aliphatic rings. The molecule has 0 aliphatic heterocycles. The normalized spacial score (nSPS) is 11.0. The minimum atomic E-state index is 0.615. The first kappa shape index (κ1) is 17.0. The number of hydrogen-bond acceptors (Lipinski definition) is 3. The van der Waals surface area contributed by atoms with Gasteiger partial charge in [-0.25, -0.2) is 4.98 Å². The number of nitrogens with one attached hydrogen (secondary N) is 1. The Morgan fingerprint density at radius 2 is 1.62 bits per heavy atom. The fraction of sp³-hybridized carbons (Fsp3) is 0.0476. The maximum Gasteiger partial charge on any atom is 0.0972 e. The number of fused-ring (bicyclic) bond motifs is 3. The second-order valence-corrected chi connectivity index (χ2v) is 7.32. The number of anilines is 1. The van der Waals surface area contributed by atoms with Gasteiger partial charge in [-0.1, -0.05) is 48.5 Å². The molecule has 2 aromatic heterocycles. The summed E-state index contributed by atoms with van der Waals surface area (Å²) in [5.41, 5.74) is 4.92. The number of nitrogens with zero attached hydrogens (tertiary/aromatic N) is 2. The van der Waals surface area contributed by atoms with Gasteiger partial charge >= 0.3 is 0 Å². The van der Waals surface area contributed by atoms with Crippen molar-refractivity contribution < 1.29 is 0 Å². The van der Waals surface area contributed by atoms with E-state index in [-0.39, 0.29) is 0 Å². The number of benzene rings is 2. The third kappa shape index (κ3) is 3.06. The van der Waals surface area contributed by atoms with Crippen LogP contribution in [0.1, 0.15) is 11.4 Å². The molecule has 4 aromatic rings. The van der Waals surface area contributed by atoms with Crippen LogP contribution in [0, 0.1) is 6.92 Å². The third-order valence-corrected chi connectivity index (χ3v) is 5.18. The van der Waals surface area contributed by atoms with Gasteiger partial charge in [0.1, 0.15) is 0 Å². The molecular formula is C21H15BrClN3. The fourth-order valence-corrected chi connectivity index (χ4v) is 3.67. The van der Waals surface area contributed by atoms with Gasteiger partial charge in [-0.15, -0.1) is 0 Å². The van der Waals surface area contributed by atoms with Crippen LogP contribution < -0.4 is 5.32 Å². The lowest BCUT2D eigenvalue weighted by molar-refractivity contribution is 1.25. The summed E-state index contributed by atoms with van der Waals surface area (Å²) in [6.45, 7) is 6.12. The molecule has 0 saturated carbocycles. The highest BCUT2D eigenvalue weighted by atomic mass is 79.9. The Hall–Kier alpha value is -2.43. The summed E-state index contributed by atoms with van der Waals surface area (Å²) in [6.07, 6.45) is 0. The molecular weight excluding hydrogens is 410 g/mol. The smallest absolute Gasteiger partial charge is 0.0972 e. The number of aryl methyl sites for hydroxylation is 1. The number of hydrogen-bond donors (Lipinski definition) is 1. The number of pyridine rings is 2. The lowest BCUT2D eigenvalue weighted by atomic mass is 10.1. The van der Waals surface area contributed by atoms with Gasteiger partial charge in [0.05, 0.1) is 33.1 Å². The first-order valence-corrected chi connectivity index (χ1v) is 9.27. The summed E-state index contributed by atoms with van der Waals surface area (Å²) in [4.78, 5) is 9.49. The van der Waals surface area contributed by atoms with Crippen LogP contribution >= 0.6 is 27.5 Å². The van der Waals surface area contributed by atoms with Crippen LogP contribution in [0.2, 0.25) is 5.02 Å². The summed E-state index contributed by atoms with van der Waals surface area (Å²) < 4.78 is 0.870. The molecule has 0 aliphatic carbocycles. The van der Waals surface area contributed by atoms with Gasteiger partial charge in [0, 0.05) is 20.9 Å². The van der Waals surface area contributed by atoms with E-state index in [4.69, 9.17) is 16.6 Å². The van der Waals surface area contributed by atoms with E-state index in [1.54, 1.807) is 0 Å². The largest absolute Gasteiger partial charge is 0.352 e. The number of aromatic nitrogens is 2. The molecule has 4 rings (SSSR count). The summed E-state index contributed by atoms with van der Waals surface area (Å²) >= 11 is 9.80. The topological polar surface area (TPSA) is 37.8 Å². The third-order valence-electron chi connectivity index (χ3n) is 4.21. The van der Waals surface area contributed by atoms with Crippen LogP contribution in [-0.4, -0.2) is 9.97 Å². The molecule has 5 heteroatoms. The van der Waals surface area contributed by atoms with Gasteiger partial charge in [-0.05, 0) is 47.1 Å². The fourth-order valence-electron chi connectivity index (χ4n) is 2.87. The predicted octanol–water partition coefficient (Wildman–Crippen LogP) is 6.59. The van der Waals surface area contributed by atoms with Crippen molar-refractivity contribution in [1.29, 1.82) is 0 Å². The van der Waals surface area contributed by atoms with Crippen molar-refractivity contribution in [2.24, 2.45) is 0 Å². The Morgan fingerprint density at radius 1 is 0.962 bits per heavy atom. The minimum Gasteiger partial charge on any atom is -0.352 e. The Balaban J connectivity index is 1.80. The van der Waals surface area contributed by atoms with Gasteiger partial charge in [-0.2, -0.15) is 0 Å². The molecule has 0 amide bonds. The van der Waals surface area contributed by atoms with Gasteiger partial charge in [0.25, 0.3) is 0 Å². The van der Waals surface area contributed by atoms with Gasteiger partial charge < -0.3 is 5.32 Å². The quantitative estimate of drug-likeness (QED) is 0.377. The first-order valence-electron chi connectivity index (χ1n) is 8.10. The molecule has 26 heavy (non-hydrogen) atoms. The zero-order valence-electron chi connectivity index (χ0n) is 14.1. The van der Waals surface area contributed by atoms with Crippen molar-refractivity contribution in [2.45, 2.75) is 6.92 Å². The van der Waals surface area contributed by atoms with E-state index < -0.39 is 0 Å². The van der Waals surface area contributed by atoms with E-state index in [0.29, 0.717) is 10.7 Å². The maximum atomic E-state index is 6.29. The van der Waals surface area contributed by atoms with Crippen molar-refractivity contribution in [3.05, 3.63) is 82.1 Å².